The summed E-state index contributed by atoms with van der Waals surface area (Å²) in [4.78, 5) is 18.4. The molecular formula is C14H21N3O2. The molecule has 1 fully saturated rings. The molecule has 5 heteroatoms. The normalized spacial score (nSPS) is 16.8. The van der Waals surface area contributed by atoms with Gasteiger partial charge in [-0.25, -0.2) is 0 Å². The summed E-state index contributed by atoms with van der Waals surface area (Å²) in [5, 5.41) is 3.13. The molecule has 19 heavy (non-hydrogen) atoms. The molecule has 2 heterocycles. The number of hydrogen-bond acceptors (Lipinski definition) is 4. The van der Waals surface area contributed by atoms with Crippen LogP contribution in [0.4, 0.5) is 5.82 Å². The van der Waals surface area contributed by atoms with E-state index in [1.165, 1.54) is 6.42 Å². The molecule has 1 aliphatic heterocycles. The summed E-state index contributed by atoms with van der Waals surface area (Å²) in [6.07, 6.45) is 3.44. The highest BCUT2D eigenvalue weighted by Gasteiger charge is 2.22. The zero-order valence-electron chi connectivity index (χ0n) is 11.6. The number of nitrogens with zero attached hydrogens (tertiary/aromatic N) is 2. The molecule has 1 aliphatic rings. The van der Waals surface area contributed by atoms with Crippen molar-refractivity contribution in [3.8, 4) is 5.88 Å². The number of anilines is 1. The van der Waals surface area contributed by atoms with E-state index in [2.05, 4.69) is 10.3 Å². The second-order valence-electron chi connectivity index (χ2n) is 4.82. The number of methoxy groups -OCH3 is 1. The van der Waals surface area contributed by atoms with Crippen LogP contribution in [-0.2, 0) is 4.79 Å². The first kappa shape index (κ1) is 13.6. The van der Waals surface area contributed by atoms with Crippen molar-refractivity contribution < 1.29 is 9.53 Å². The van der Waals surface area contributed by atoms with Crippen LogP contribution in [0.5, 0.6) is 5.88 Å². The Balaban J connectivity index is 1.95. The summed E-state index contributed by atoms with van der Waals surface area (Å²) in [6.45, 7) is 3.62. The Morgan fingerprint density at radius 3 is 2.79 bits per heavy atom. The molecule has 0 aromatic carbocycles. The number of hydrogen-bond donors (Lipinski definition) is 1. The van der Waals surface area contributed by atoms with E-state index in [0.717, 1.165) is 25.9 Å². The van der Waals surface area contributed by atoms with E-state index in [1.807, 2.05) is 24.0 Å². The lowest BCUT2D eigenvalue weighted by Gasteiger charge is -2.29. The predicted molar refractivity (Wildman–Crippen MR) is 74.3 cm³/mol. The van der Waals surface area contributed by atoms with Gasteiger partial charge in [-0.1, -0.05) is 6.07 Å². The first-order valence-electron chi connectivity index (χ1n) is 6.77. The van der Waals surface area contributed by atoms with Crippen LogP contribution in [0.3, 0.4) is 0 Å². The Morgan fingerprint density at radius 1 is 1.37 bits per heavy atom. The molecule has 2 rings (SSSR count). The molecule has 0 saturated carbocycles. The van der Waals surface area contributed by atoms with Gasteiger partial charge in [-0.15, -0.1) is 0 Å². The van der Waals surface area contributed by atoms with E-state index in [-0.39, 0.29) is 11.9 Å². The number of amides is 1. The highest BCUT2D eigenvalue weighted by atomic mass is 16.5. The summed E-state index contributed by atoms with van der Waals surface area (Å²) in [5.41, 5.74) is 0. The third-order valence-electron chi connectivity index (χ3n) is 3.34. The second kappa shape index (κ2) is 6.41. The molecule has 1 aromatic rings. The van der Waals surface area contributed by atoms with Crippen molar-refractivity contribution >= 4 is 11.7 Å². The van der Waals surface area contributed by atoms with Crippen molar-refractivity contribution in [2.45, 2.75) is 32.2 Å². The maximum atomic E-state index is 12.3. The number of aromatic nitrogens is 1. The number of carbonyl (C=O) groups is 1. The maximum Gasteiger partial charge on any atom is 0.244 e. The fourth-order valence-electron chi connectivity index (χ4n) is 2.28. The van der Waals surface area contributed by atoms with Crippen LogP contribution in [0.1, 0.15) is 26.2 Å². The zero-order chi connectivity index (χ0) is 13.7. The van der Waals surface area contributed by atoms with Gasteiger partial charge in [-0.05, 0) is 32.3 Å². The molecule has 1 aromatic heterocycles. The van der Waals surface area contributed by atoms with E-state index in [9.17, 15) is 4.79 Å². The monoisotopic (exact) mass is 263 g/mol. The third kappa shape index (κ3) is 3.59. The van der Waals surface area contributed by atoms with Gasteiger partial charge in [-0.3, -0.25) is 4.79 Å². The first-order chi connectivity index (χ1) is 9.20. The average Bonchev–Trinajstić information content (AvgIpc) is 2.47. The number of pyridine rings is 1. The largest absolute Gasteiger partial charge is 0.481 e. The number of likely N-dealkylation sites (tertiary alicyclic amines) is 1. The summed E-state index contributed by atoms with van der Waals surface area (Å²) in [7, 11) is 1.58. The molecule has 1 N–H and O–H groups in total. The summed E-state index contributed by atoms with van der Waals surface area (Å²) < 4.78 is 5.07. The molecular weight excluding hydrogens is 242 g/mol. The third-order valence-corrected chi connectivity index (χ3v) is 3.34. The van der Waals surface area contributed by atoms with Gasteiger partial charge in [0.15, 0.2) is 0 Å². The summed E-state index contributed by atoms with van der Waals surface area (Å²) in [5.74, 6) is 1.35. The lowest BCUT2D eigenvalue weighted by atomic mass is 10.1. The van der Waals surface area contributed by atoms with Crippen LogP contribution in [-0.4, -0.2) is 42.0 Å². The number of carbonyl (C=O) groups excluding carboxylic acids is 1. The Labute approximate surface area is 114 Å². The van der Waals surface area contributed by atoms with Gasteiger partial charge >= 0.3 is 0 Å². The van der Waals surface area contributed by atoms with Crippen molar-refractivity contribution in [1.82, 2.24) is 9.88 Å². The highest BCUT2D eigenvalue weighted by Crippen LogP contribution is 2.14. The Hall–Kier alpha value is -1.78. The minimum atomic E-state index is -0.266. The molecule has 5 nitrogen and oxygen atoms in total. The van der Waals surface area contributed by atoms with E-state index in [1.54, 1.807) is 13.2 Å². The van der Waals surface area contributed by atoms with Crippen molar-refractivity contribution in [2.75, 3.05) is 25.5 Å². The smallest absolute Gasteiger partial charge is 0.244 e. The van der Waals surface area contributed by atoms with E-state index in [4.69, 9.17) is 4.74 Å². The van der Waals surface area contributed by atoms with Crippen LogP contribution in [0.15, 0.2) is 18.2 Å². The van der Waals surface area contributed by atoms with Gasteiger partial charge in [0, 0.05) is 19.2 Å². The lowest BCUT2D eigenvalue weighted by molar-refractivity contribution is -0.132. The van der Waals surface area contributed by atoms with E-state index in [0.29, 0.717) is 11.7 Å². The topological polar surface area (TPSA) is 54.5 Å². The molecule has 1 saturated heterocycles. The quantitative estimate of drug-likeness (QED) is 0.901. The fourth-order valence-corrected chi connectivity index (χ4v) is 2.28. The van der Waals surface area contributed by atoms with Crippen LogP contribution in [0.25, 0.3) is 0 Å². The molecule has 104 valence electrons. The molecule has 1 atom stereocenters. The Bertz CT molecular complexity index is 430. The van der Waals surface area contributed by atoms with Gasteiger partial charge in [0.25, 0.3) is 0 Å². The van der Waals surface area contributed by atoms with Gasteiger partial charge < -0.3 is 15.0 Å². The van der Waals surface area contributed by atoms with E-state index >= 15 is 0 Å². The average molecular weight is 263 g/mol. The van der Waals surface area contributed by atoms with Crippen LogP contribution in [0, 0.1) is 0 Å². The van der Waals surface area contributed by atoms with E-state index < -0.39 is 0 Å². The van der Waals surface area contributed by atoms with Gasteiger partial charge in [0.1, 0.15) is 11.9 Å². The molecule has 0 spiro atoms. The molecule has 1 amide bonds. The minimum Gasteiger partial charge on any atom is -0.481 e. The lowest BCUT2D eigenvalue weighted by Crippen LogP contribution is -2.44. The number of piperidine rings is 1. The Kier molecular flexibility index (Phi) is 4.60. The van der Waals surface area contributed by atoms with Crippen molar-refractivity contribution in [2.24, 2.45) is 0 Å². The SMILES string of the molecule is COc1cccc(NC(C)C(=O)N2CCCCC2)n1. The summed E-state index contributed by atoms with van der Waals surface area (Å²) >= 11 is 0. The minimum absolute atomic E-state index is 0.143. The highest BCUT2D eigenvalue weighted by molar-refractivity contribution is 5.84. The van der Waals surface area contributed by atoms with Crippen molar-refractivity contribution in [3.63, 3.8) is 0 Å². The van der Waals surface area contributed by atoms with Crippen LogP contribution >= 0.6 is 0 Å². The second-order valence-corrected chi connectivity index (χ2v) is 4.82. The predicted octanol–water partition coefficient (Wildman–Crippen LogP) is 1.90. The molecule has 1 unspecified atom stereocenters. The molecule has 0 radical (unpaired) electrons. The maximum absolute atomic E-state index is 12.3. The van der Waals surface area contributed by atoms with Gasteiger partial charge in [0.05, 0.1) is 7.11 Å². The van der Waals surface area contributed by atoms with Crippen LogP contribution in [0.2, 0.25) is 0 Å². The molecule has 0 aliphatic carbocycles. The number of rotatable bonds is 4. The Morgan fingerprint density at radius 2 is 2.11 bits per heavy atom. The fraction of sp³-hybridized carbons (Fsp3) is 0.571. The summed E-state index contributed by atoms with van der Waals surface area (Å²) in [6, 6.07) is 5.20. The van der Waals surface area contributed by atoms with Gasteiger partial charge in [0.2, 0.25) is 11.8 Å². The van der Waals surface area contributed by atoms with Crippen LogP contribution < -0.4 is 10.1 Å². The van der Waals surface area contributed by atoms with Gasteiger partial charge in [-0.2, -0.15) is 4.98 Å². The zero-order valence-corrected chi connectivity index (χ0v) is 11.6. The number of nitrogens with one attached hydrogen (secondary N) is 1. The molecule has 0 bridgehead atoms. The van der Waals surface area contributed by atoms with Crippen molar-refractivity contribution in [1.29, 1.82) is 0 Å². The number of ether oxygens (including phenoxy) is 1. The standard InChI is InChI=1S/C14H21N3O2/c1-11(14(18)17-9-4-3-5-10-17)15-12-7-6-8-13(16-12)19-2/h6-8,11H,3-5,9-10H2,1-2H3,(H,15,16). The van der Waals surface area contributed by atoms with Crippen molar-refractivity contribution in [3.05, 3.63) is 18.2 Å². The first-order valence-corrected chi connectivity index (χ1v) is 6.77.